The summed E-state index contributed by atoms with van der Waals surface area (Å²) in [5, 5.41) is 8.76. The van der Waals surface area contributed by atoms with Crippen molar-refractivity contribution in [1.29, 1.82) is 0 Å². The van der Waals surface area contributed by atoms with Gasteiger partial charge in [-0.25, -0.2) is 0 Å². The van der Waals surface area contributed by atoms with Crippen molar-refractivity contribution in [2.75, 3.05) is 0 Å². The van der Waals surface area contributed by atoms with Gasteiger partial charge in [-0.3, -0.25) is 9.36 Å². The summed E-state index contributed by atoms with van der Waals surface area (Å²) in [6.45, 7) is 4.22. The third kappa shape index (κ3) is 2.96. The van der Waals surface area contributed by atoms with Crippen LogP contribution in [0.25, 0.3) is 0 Å². The second kappa shape index (κ2) is 6.67. The van der Waals surface area contributed by atoms with Crippen LogP contribution in [-0.4, -0.2) is 19.6 Å². The maximum atomic E-state index is 4.41. The second-order valence-electron chi connectivity index (χ2n) is 6.33. The van der Waals surface area contributed by atoms with E-state index < -0.39 is 0 Å². The van der Waals surface area contributed by atoms with Crippen LogP contribution in [-0.2, 0) is 39.8 Å². The SMILES string of the molecule is C.Cc1nn(C)c2c1CCC2.Cc1nn(C)c2c1CCCC2. The van der Waals surface area contributed by atoms with Crippen molar-refractivity contribution in [2.24, 2.45) is 14.1 Å². The smallest absolute Gasteiger partial charge is 0.0628 e. The molecule has 4 nitrogen and oxygen atoms in total. The topological polar surface area (TPSA) is 35.6 Å². The molecule has 0 unspecified atom stereocenters. The molecule has 0 amide bonds. The molecule has 0 bridgehead atoms. The minimum atomic E-state index is 0. The minimum absolute atomic E-state index is 0. The Bertz CT molecular complexity index is 598. The predicted molar refractivity (Wildman–Crippen MR) is 91.3 cm³/mol. The molecule has 22 heavy (non-hydrogen) atoms. The Morgan fingerprint density at radius 1 is 0.682 bits per heavy atom. The highest BCUT2D eigenvalue weighted by Gasteiger charge is 2.17. The zero-order valence-electron chi connectivity index (χ0n) is 13.7. The number of nitrogens with zero attached hydrogens (tertiary/aromatic N) is 4. The van der Waals surface area contributed by atoms with Gasteiger partial charge in [-0.15, -0.1) is 0 Å². The van der Waals surface area contributed by atoms with Gasteiger partial charge in [0.05, 0.1) is 11.4 Å². The monoisotopic (exact) mass is 302 g/mol. The zero-order valence-corrected chi connectivity index (χ0v) is 13.7. The summed E-state index contributed by atoms with van der Waals surface area (Å²) in [6.07, 6.45) is 8.96. The average Bonchev–Trinajstić information content (AvgIpc) is 3.12. The molecule has 4 heteroatoms. The lowest BCUT2D eigenvalue weighted by Gasteiger charge is -2.11. The molecular formula is C18H30N4. The van der Waals surface area contributed by atoms with E-state index in [-0.39, 0.29) is 7.43 Å². The first-order valence-corrected chi connectivity index (χ1v) is 8.10. The summed E-state index contributed by atoms with van der Waals surface area (Å²) < 4.78 is 4.07. The number of fused-ring (bicyclic) bond motifs is 2. The van der Waals surface area contributed by atoms with Crippen LogP contribution >= 0.6 is 0 Å². The minimum Gasteiger partial charge on any atom is -0.272 e. The third-order valence-corrected chi connectivity index (χ3v) is 4.88. The van der Waals surface area contributed by atoms with Crippen molar-refractivity contribution in [3.63, 3.8) is 0 Å². The summed E-state index contributed by atoms with van der Waals surface area (Å²) in [5.74, 6) is 0. The second-order valence-corrected chi connectivity index (χ2v) is 6.33. The summed E-state index contributed by atoms with van der Waals surface area (Å²) >= 11 is 0. The van der Waals surface area contributed by atoms with Crippen LogP contribution < -0.4 is 0 Å². The van der Waals surface area contributed by atoms with Crippen molar-refractivity contribution in [3.05, 3.63) is 33.9 Å². The summed E-state index contributed by atoms with van der Waals surface area (Å²) in [5.41, 5.74) is 8.41. The first-order valence-electron chi connectivity index (χ1n) is 8.10. The van der Waals surface area contributed by atoms with E-state index in [0.717, 1.165) is 0 Å². The lowest BCUT2D eigenvalue weighted by atomic mass is 9.96. The van der Waals surface area contributed by atoms with Crippen LogP contribution in [0.1, 0.15) is 60.6 Å². The van der Waals surface area contributed by atoms with Gasteiger partial charge in [-0.2, -0.15) is 10.2 Å². The van der Waals surface area contributed by atoms with Crippen LogP contribution in [0.4, 0.5) is 0 Å². The molecule has 0 saturated carbocycles. The van der Waals surface area contributed by atoms with Crippen molar-refractivity contribution in [3.8, 4) is 0 Å². The standard InChI is InChI=1S/C9H14N2.C8H12N2.CH4/c1-7-8-5-3-4-6-9(8)11(2)10-7;1-6-7-4-3-5-8(7)10(2)9-6;/h3-6H2,1-2H3;3-5H2,1-2H3;1H4. The maximum Gasteiger partial charge on any atom is 0.0628 e. The molecule has 0 fully saturated rings. The molecule has 2 aliphatic rings. The van der Waals surface area contributed by atoms with Gasteiger partial charge in [-0.05, 0) is 69.9 Å². The van der Waals surface area contributed by atoms with Gasteiger partial charge >= 0.3 is 0 Å². The van der Waals surface area contributed by atoms with Crippen LogP contribution in [0.5, 0.6) is 0 Å². The largest absolute Gasteiger partial charge is 0.272 e. The molecule has 122 valence electrons. The van der Waals surface area contributed by atoms with Crippen LogP contribution in [0.3, 0.4) is 0 Å². The molecule has 0 radical (unpaired) electrons. The Morgan fingerprint density at radius 2 is 1.09 bits per heavy atom. The lowest BCUT2D eigenvalue weighted by molar-refractivity contribution is 0.626. The highest BCUT2D eigenvalue weighted by Crippen LogP contribution is 2.24. The van der Waals surface area contributed by atoms with Gasteiger partial charge in [0.15, 0.2) is 0 Å². The molecule has 2 aliphatic carbocycles. The van der Waals surface area contributed by atoms with Gasteiger partial charge in [0.1, 0.15) is 0 Å². The van der Waals surface area contributed by atoms with Crippen LogP contribution in [0.15, 0.2) is 0 Å². The molecule has 0 atom stereocenters. The Hall–Kier alpha value is -1.58. The fourth-order valence-electron chi connectivity index (χ4n) is 3.80. The highest BCUT2D eigenvalue weighted by atomic mass is 15.3. The van der Waals surface area contributed by atoms with Crippen LogP contribution in [0.2, 0.25) is 0 Å². The van der Waals surface area contributed by atoms with Crippen molar-refractivity contribution >= 4 is 0 Å². The van der Waals surface area contributed by atoms with Crippen LogP contribution in [0, 0.1) is 13.8 Å². The molecule has 0 N–H and O–H groups in total. The molecule has 0 aromatic carbocycles. The van der Waals surface area contributed by atoms with E-state index in [4.69, 9.17) is 0 Å². The van der Waals surface area contributed by atoms with E-state index >= 15 is 0 Å². The normalized spacial score (nSPS) is 15.5. The Balaban J connectivity index is 0.000000154. The Kier molecular flexibility index (Phi) is 5.09. The van der Waals surface area contributed by atoms with E-state index in [0.29, 0.717) is 0 Å². The highest BCUT2D eigenvalue weighted by molar-refractivity contribution is 5.29. The van der Waals surface area contributed by atoms with Gasteiger partial charge in [0.2, 0.25) is 0 Å². The number of rotatable bonds is 0. The molecule has 0 spiro atoms. The van der Waals surface area contributed by atoms with Gasteiger partial charge in [0, 0.05) is 25.5 Å². The van der Waals surface area contributed by atoms with Crippen molar-refractivity contribution in [2.45, 2.75) is 66.2 Å². The van der Waals surface area contributed by atoms with Gasteiger partial charge < -0.3 is 0 Å². The third-order valence-electron chi connectivity index (χ3n) is 4.88. The Labute approximate surface area is 134 Å². The summed E-state index contributed by atoms with van der Waals surface area (Å²) in [7, 11) is 4.09. The van der Waals surface area contributed by atoms with E-state index in [9.17, 15) is 0 Å². The van der Waals surface area contributed by atoms with E-state index in [1.807, 2.05) is 16.4 Å². The zero-order chi connectivity index (χ0) is 15.0. The van der Waals surface area contributed by atoms with E-state index in [1.54, 1.807) is 0 Å². The number of hydrogen-bond donors (Lipinski definition) is 0. The maximum absolute atomic E-state index is 4.41. The van der Waals surface area contributed by atoms with E-state index in [2.05, 4.69) is 31.1 Å². The summed E-state index contributed by atoms with van der Waals surface area (Å²) in [6, 6.07) is 0. The molecular weight excluding hydrogens is 272 g/mol. The molecule has 2 aromatic rings. The fraction of sp³-hybridized carbons (Fsp3) is 0.667. The molecule has 2 heterocycles. The quantitative estimate of drug-likeness (QED) is 0.747. The molecule has 0 aliphatic heterocycles. The molecule has 4 rings (SSSR count). The Morgan fingerprint density at radius 3 is 1.59 bits per heavy atom. The summed E-state index contributed by atoms with van der Waals surface area (Å²) in [4.78, 5) is 0. The average molecular weight is 302 g/mol. The number of aromatic nitrogens is 4. The van der Waals surface area contributed by atoms with Gasteiger partial charge in [0.25, 0.3) is 0 Å². The number of hydrogen-bond acceptors (Lipinski definition) is 2. The van der Waals surface area contributed by atoms with E-state index in [1.165, 1.54) is 78.8 Å². The fourth-order valence-corrected chi connectivity index (χ4v) is 3.80. The first-order chi connectivity index (χ1) is 10.1. The van der Waals surface area contributed by atoms with Crippen molar-refractivity contribution in [1.82, 2.24) is 19.6 Å². The predicted octanol–water partition coefficient (Wildman–Crippen LogP) is 3.46. The lowest BCUT2D eigenvalue weighted by Crippen LogP contribution is -2.05. The first kappa shape index (κ1) is 16.8. The molecule has 0 saturated heterocycles. The molecule has 2 aromatic heterocycles. The van der Waals surface area contributed by atoms with Gasteiger partial charge in [-0.1, -0.05) is 7.43 Å². The number of aryl methyl sites for hydroxylation is 4. The van der Waals surface area contributed by atoms with Crippen molar-refractivity contribution < 1.29 is 0 Å².